The minimum atomic E-state index is -0.112. The first-order chi connectivity index (χ1) is 15.5. The highest BCUT2D eigenvalue weighted by atomic mass is 35.5. The molecule has 0 N–H and O–H groups in total. The number of rotatable bonds is 7. The van der Waals surface area contributed by atoms with Crippen LogP contribution in [0.4, 0.5) is 0 Å². The van der Waals surface area contributed by atoms with Crippen LogP contribution < -0.4 is 4.74 Å². The van der Waals surface area contributed by atoms with Gasteiger partial charge in [0.2, 0.25) is 0 Å². The molecule has 2 heterocycles. The molecule has 0 atom stereocenters. The normalized spacial score (nSPS) is 14.4. The van der Waals surface area contributed by atoms with Crippen LogP contribution in [-0.2, 0) is 13.2 Å². The molecule has 2 aromatic carbocycles. The predicted molar refractivity (Wildman–Crippen MR) is 122 cm³/mol. The summed E-state index contributed by atoms with van der Waals surface area (Å²) in [7, 11) is 0. The number of piperazine rings is 1. The van der Waals surface area contributed by atoms with Crippen LogP contribution in [-0.4, -0.2) is 47.7 Å². The molecule has 3 aromatic rings. The van der Waals surface area contributed by atoms with Crippen LogP contribution in [0.1, 0.15) is 39.2 Å². The SMILES string of the molecule is CC(=O)c1ccc(OCc2ccc(C(=O)N3CCN(Cc4ccccc4Cl)CC3)o2)cc1. The van der Waals surface area contributed by atoms with Gasteiger partial charge < -0.3 is 14.1 Å². The summed E-state index contributed by atoms with van der Waals surface area (Å²) in [4.78, 5) is 28.3. The fourth-order valence-electron chi connectivity index (χ4n) is 3.64. The predicted octanol–water partition coefficient (Wildman–Crippen LogP) is 4.67. The average Bonchev–Trinajstić information content (AvgIpc) is 3.29. The summed E-state index contributed by atoms with van der Waals surface area (Å²) in [5.74, 6) is 1.42. The van der Waals surface area contributed by atoms with E-state index in [1.54, 1.807) is 36.4 Å². The summed E-state index contributed by atoms with van der Waals surface area (Å²) in [5, 5.41) is 0.770. The largest absolute Gasteiger partial charge is 0.486 e. The second-order valence-corrected chi connectivity index (χ2v) is 8.20. The lowest BCUT2D eigenvalue weighted by molar-refractivity contribution is 0.0594. The zero-order valence-corrected chi connectivity index (χ0v) is 18.7. The third-order valence-electron chi connectivity index (χ3n) is 5.53. The highest BCUT2D eigenvalue weighted by molar-refractivity contribution is 6.31. The van der Waals surface area contributed by atoms with E-state index in [9.17, 15) is 9.59 Å². The Morgan fingerprint density at radius 2 is 1.69 bits per heavy atom. The number of halogens is 1. The number of hydrogen-bond acceptors (Lipinski definition) is 5. The quantitative estimate of drug-likeness (QED) is 0.487. The van der Waals surface area contributed by atoms with Crippen LogP contribution in [0.5, 0.6) is 5.75 Å². The zero-order chi connectivity index (χ0) is 22.5. The maximum absolute atomic E-state index is 12.8. The molecule has 1 aliphatic heterocycles. The molecule has 6 nitrogen and oxygen atoms in total. The summed E-state index contributed by atoms with van der Waals surface area (Å²) in [6.07, 6.45) is 0. The van der Waals surface area contributed by atoms with Gasteiger partial charge in [-0.05, 0) is 55.0 Å². The monoisotopic (exact) mass is 452 g/mol. The van der Waals surface area contributed by atoms with Gasteiger partial charge in [0.1, 0.15) is 18.1 Å². The fourth-order valence-corrected chi connectivity index (χ4v) is 3.84. The molecular formula is C25H25ClN2O4. The molecule has 0 saturated carbocycles. The van der Waals surface area contributed by atoms with Crippen LogP contribution in [0.2, 0.25) is 5.02 Å². The third kappa shape index (κ3) is 5.39. The van der Waals surface area contributed by atoms with Crippen LogP contribution in [0, 0.1) is 0 Å². The van der Waals surface area contributed by atoms with Crippen molar-refractivity contribution in [2.75, 3.05) is 26.2 Å². The Labute approximate surface area is 192 Å². The van der Waals surface area contributed by atoms with Gasteiger partial charge in [-0.1, -0.05) is 29.8 Å². The molecule has 1 saturated heterocycles. The lowest BCUT2D eigenvalue weighted by atomic mass is 10.1. The van der Waals surface area contributed by atoms with Crippen LogP contribution in [0.25, 0.3) is 0 Å². The van der Waals surface area contributed by atoms with Gasteiger partial charge in [-0.2, -0.15) is 0 Å². The minimum absolute atomic E-state index is 0.00966. The van der Waals surface area contributed by atoms with Gasteiger partial charge in [0.05, 0.1) is 0 Å². The molecule has 0 unspecified atom stereocenters. The van der Waals surface area contributed by atoms with Crippen molar-refractivity contribution in [1.82, 2.24) is 9.80 Å². The molecule has 1 amide bonds. The number of ketones is 1. The van der Waals surface area contributed by atoms with E-state index >= 15 is 0 Å². The summed E-state index contributed by atoms with van der Waals surface area (Å²) in [6, 6.07) is 18.2. The summed E-state index contributed by atoms with van der Waals surface area (Å²) in [6.45, 7) is 5.34. The Balaban J connectivity index is 1.27. The van der Waals surface area contributed by atoms with E-state index in [4.69, 9.17) is 20.8 Å². The Hall–Kier alpha value is -3.09. The first kappa shape index (κ1) is 22.1. The molecule has 7 heteroatoms. The Kier molecular flexibility index (Phi) is 6.93. The molecular weight excluding hydrogens is 428 g/mol. The summed E-state index contributed by atoms with van der Waals surface area (Å²) < 4.78 is 11.4. The van der Waals surface area contributed by atoms with Gasteiger partial charge in [-0.15, -0.1) is 0 Å². The smallest absolute Gasteiger partial charge is 0.289 e. The van der Waals surface area contributed by atoms with E-state index in [2.05, 4.69) is 4.90 Å². The van der Waals surface area contributed by atoms with Gasteiger partial charge in [0.25, 0.3) is 5.91 Å². The highest BCUT2D eigenvalue weighted by Gasteiger charge is 2.24. The molecule has 4 rings (SSSR count). The van der Waals surface area contributed by atoms with Crippen molar-refractivity contribution in [2.24, 2.45) is 0 Å². The molecule has 0 spiro atoms. The number of furan rings is 1. The number of carbonyl (C=O) groups is 2. The second kappa shape index (κ2) is 10.0. The average molecular weight is 453 g/mol. The maximum Gasteiger partial charge on any atom is 0.289 e. The van der Waals surface area contributed by atoms with Crippen molar-refractivity contribution in [1.29, 1.82) is 0 Å². The van der Waals surface area contributed by atoms with Crippen molar-refractivity contribution in [2.45, 2.75) is 20.1 Å². The number of nitrogens with zero attached hydrogens (tertiary/aromatic N) is 2. The minimum Gasteiger partial charge on any atom is -0.486 e. The second-order valence-electron chi connectivity index (χ2n) is 7.79. The van der Waals surface area contributed by atoms with E-state index in [1.165, 1.54) is 6.92 Å². The Bertz CT molecular complexity index is 1090. The van der Waals surface area contributed by atoms with Gasteiger partial charge in [0.15, 0.2) is 11.5 Å². The van der Waals surface area contributed by atoms with E-state index in [0.717, 1.165) is 30.2 Å². The van der Waals surface area contributed by atoms with Crippen LogP contribution in [0.15, 0.2) is 65.1 Å². The molecule has 1 fully saturated rings. The van der Waals surface area contributed by atoms with E-state index in [1.807, 2.05) is 29.2 Å². The Morgan fingerprint density at radius 1 is 0.969 bits per heavy atom. The molecule has 1 aliphatic rings. The lowest BCUT2D eigenvalue weighted by Crippen LogP contribution is -2.48. The molecule has 0 radical (unpaired) electrons. The molecule has 1 aromatic heterocycles. The van der Waals surface area contributed by atoms with E-state index < -0.39 is 0 Å². The lowest BCUT2D eigenvalue weighted by Gasteiger charge is -2.34. The van der Waals surface area contributed by atoms with Crippen LogP contribution in [0.3, 0.4) is 0 Å². The summed E-state index contributed by atoms with van der Waals surface area (Å²) in [5.41, 5.74) is 1.73. The number of carbonyl (C=O) groups excluding carboxylic acids is 2. The van der Waals surface area contributed by atoms with Crippen molar-refractivity contribution in [3.8, 4) is 5.75 Å². The third-order valence-corrected chi connectivity index (χ3v) is 5.89. The van der Waals surface area contributed by atoms with Gasteiger partial charge in [0, 0.05) is 43.3 Å². The van der Waals surface area contributed by atoms with Crippen molar-refractivity contribution >= 4 is 23.3 Å². The van der Waals surface area contributed by atoms with Crippen molar-refractivity contribution < 1.29 is 18.7 Å². The van der Waals surface area contributed by atoms with Gasteiger partial charge in [-0.25, -0.2) is 0 Å². The number of Topliss-reactive ketones (excluding diaryl/α,β-unsaturated/α-hetero) is 1. The van der Waals surface area contributed by atoms with Crippen molar-refractivity contribution in [3.05, 3.63) is 88.3 Å². The van der Waals surface area contributed by atoms with Crippen molar-refractivity contribution in [3.63, 3.8) is 0 Å². The fraction of sp³-hybridized carbons (Fsp3) is 0.280. The highest BCUT2D eigenvalue weighted by Crippen LogP contribution is 2.20. The van der Waals surface area contributed by atoms with Gasteiger partial charge in [-0.3, -0.25) is 14.5 Å². The molecule has 166 valence electrons. The first-order valence-electron chi connectivity index (χ1n) is 10.6. The number of ether oxygens (including phenoxy) is 1. The zero-order valence-electron chi connectivity index (χ0n) is 17.9. The maximum atomic E-state index is 12.8. The van der Waals surface area contributed by atoms with E-state index in [-0.39, 0.29) is 18.3 Å². The topological polar surface area (TPSA) is 63.0 Å². The van der Waals surface area contributed by atoms with Gasteiger partial charge >= 0.3 is 0 Å². The first-order valence-corrected chi connectivity index (χ1v) is 10.9. The van der Waals surface area contributed by atoms with Crippen LogP contribution >= 0.6 is 11.6 Å². The summed E-state index contributed by atoms with van der Waals surface area (Å²) >= 11 is 6.26. The Morgan fingerprint density at radius 3 is 2.38 bits per heavy atom. The number of benzene rings is 2. The number of amides is 1. The molecule has 0 bridgehead atoms. The van der Waals surface area contributed by atoms with E-state index in [0.29, 0.717) is 35.9 Å². The standard InChI is InChI=1S/C25H25ClN2O4/c1-18(29)19-6-8-21(9-7-19)31-17-22-10-11-24(32-22)25(30)28-14-12-27(13-15-28)16-20-4-2-3-5-23(20)26/h2-11H,12-17H2,1H3. The molecule has 32 heavy (non-hydrogen) atoms. The number of hydrogen-bond donors (Lipinski definition) is 0. The molecule has 0 aliphatic carbocycles.